The van der Waals surface area contributed by atoms with E-state index in [0.29, 0.717) is 17.3 Å². The van der Waals surface area contributed by atoms with E-state index in [-0.39, 0.29) is 12.3 Å². The van der Waals surface area contributed by atoms with Crippen molar-refractivity contribution in [3.8, 4) is 21.9 Å². The van der Waals surface area contributed by atoms with E-state index in [1.54, 1.807) is 22.7 Å². The van der Waals surface area contributed by atoms with E-state index in [1.165, 1.54) is 0 Å². The molecule has 3 heterocycles. The summed E-state index contributed by atoms with van der Waals surface area (Å²) in [5.74, 6) is 1.14. The van der Waals surface area contributed by atoms with Crippen molar-refractivity contribution < 1.29 is 9.21 Å². The molecule has 0 aliphatic rings. The fourth-order valence-corrected chi connectivity index (χ4v) is 3.97. The van der Waals surface area contributed by atoms with Gasteiger partial charge in [-0.2, -0.15) is 11.3 Å². The first-order valence-corrected chi connectivity index (χ1v) is 9.94. The monoisotopic (exact) mass is 380 g/mol. The molecule has 1 N–H and O–H groups in total. The number of benzene rings is 1. The maximum Gasteiger partial charge on any atom is 0.236 e. The van der Waals surface area contributed by atoms with Gasteiger partial charge in [-0.3, -0.25) is 4.79 Å². The van der Waals surface area contributed by atoms with Crippen molar-refractivity contribution in [3.05, 3.63) is 70.1 Å². The van der Waals surface area contributed by atoms with Gasteiger partial charge in [-0.25, -0.2) is 4.98 Å². The Kier molecular flexibility index (Phi) is 4.69. The smallest absolute Gasteiger partial charge is 0.236 e. The number of carbonyl (C=O) groups is 1. The molecule has 0 unspecified atom stereocenters. The zero-order valence-electron chi connectivity index (χ0n) is 14.1. The van der Waals surface area contributed by atoms with E-state index in [9.17, 15) is 4.79 Å². The maximum absolute atomic E-state index is 12.4. The van der Waals surface area contributed by atoms with Crippen LogP contribution in [0.2, 0.25) is 0 Å². The Morgan fingerprint density at radius 2 is 2.08 bits per heavy atom. The van der Waals surface area contributed by atoms with Crippen LogP contribution in [0, 0.1) is 6.92 Å². The number of oxazole rings is 1. The second-order valence-corrected chi connectivity index (χ2v) is 7.54. The molecule has 1 aromatic carbocycles. The number of aryl methyl sites for hydroxylation is 1. The van der Waals surface area contributed by atoms with Gasteiger partial charge in [-0.1, -0.05) is 18.2 Å². The van der Waals surface area contributed by atoms with Crippen molar-refractivity contribution in [1.82, 2.24) is 4.98 Å². The highest BCUT2D eigenvalue weighted by Gasteiger charge is 2.15. The summed E-state index contributed by atoms with van der Waals surface area (Å²) in [5.41, 5.74) is 3.68. The zero-order valence-corrected chi connectivity index (χ0v) is 15.7. The fourth-order valence-electron chi connectivity index (χ4n) is 2.66. The van der Waals surface area contributed by atoms with Gasteiger partial charge in [-0.05, 0) is 58.5 Å². The lowest BCUT2D eigenvalue weighted by Crippen LogP contribution is -2.15. The third-order valence-corrected chi connectivity index (χ3v) is 5.49. The quantitative estimate of drug-likeness (QED) is 0.489. The van der Waals surface area contributed by atoms with Crippen LogP contribution in [0.3, 0.4) is 0 Å². The van der Waals surface area contributed by atoms with Gasteiger partial charge in [0.05, 0.1) is 17.0 Å². The number of aromatic nitrogens is 1. The molecule has 0 bridgehead atoms. The number of nitrogens with one attached hydrogen (secondary N) is 1. The number of thiophene rings is 2. The topological polar surface area (TPSA) is 55.1 Å². The van der Waals surface area contributed by atoms with Gasteiger partial charge >= 0.3 is 0 Å². The molecule has 1 amide bonds. The Labute approximate surface area is 159 Å². The second-order valence-electron chi connectivity index (χ2n) is 5.82. The minimum absolute atomic E-state index is 0.110. The van der Waals surface area contributed by atoms with Crippen LogP contribution in [-0.2, 0) is 11.2 Å². The molecule has 0 spiro atoms. The summed E-state index contributed by atoms with van der Waals surface area (Å²) in [4.78, 5) is 17.9. The number of anilines is 1. The molecule has 0 fully saturated rings. The third kappa shape index (κ3) is 3.61. The van der Waals surface area contributed by atoms with E-state index in [2.05, 4.69) is 21.7 Å². The summed E-state index contributed by atoms with van der Waals surface area (Å²) in [6.07, 6.45) is 0.184. The van der Waals surface area contributed by atoms with Crippen molar-refractivity contribution in [1.29, 1.82) is 0 Å². The van der Waals surface area contributed by atoms with Crippen LogP contribution in [0.5, 0.6) is 0 Å². The van der Waals surface area contributed by atoms with Crippen molar-refractivity contribution in [2.45, 2.75) is 13.3 Å². The van der Waals surface area contributed by atoms with Gasteiger partial charge in [-0.15, -0.1) is 11.3 Å². The summed E-state index contributed by atoms with van der Waals surface area (Å²) in [5, 5.41) is 9.05. The molecule has 4 rings (SSSR count). The largest absolute Gasteiger partial charge is 0.440 e. The maximum atomic E-state index is 12.4. The lowest BCUT2D eigenvalue weighted by atomic mass is 10.1. The van der Waals surface area contributed by atoms with Crippen LogP contribution in [0.15, 0.2) is 63.0 Å². The standard InChI is InChI=1S/C20H16N2O2S2/c1-13-17(22-20(24-13)18-6-3-8-26-18)11-19(23)21-16-5-2-4-14(10-16)15-7-9-25-12-15/h2-10,12H,11H2,1H3,(H,21,23). The normalized spacial score (nSPS) is 10.8. The molecule has 0 radical (unpaired) electrons. The molecule has 6 heteroatoms. The van der Waals surface area contributed by atoms with Crippen LogP contribution in [0.4, 0.5) is 5.69 Å². The zero-order chi connectivity index (χ0) is 17.9. The highest BCUT2D eigenvalue weighted by Crippen LogP contribution is 2.27. The van der Waals surface area contributed by atoms with Gasteiger partial charge < -0.3 is 9.73 Å². The predicted molar refractivity (Wildman–Crippen MR) is 107 cm³/mol. The highest BCUT2D eigenvalue weighted by molar-refractivity contribution is 7.13. The SMILES string of the molecule is Cc1oc(-c2cccs2)nc1CC(=O)Nc1cccc(-c2ccsc2)c1. The first-order chi connectivity index (χ1) is 12.7. The lowest BCUT2D eigenvalue weighted by Gasteiger charge is -2.06. The molecule has 0 aliphatic carbocycles. The van der Waals surface area contributed by atoms with Crippen molar-refractivity contribution >= 4 is 34.3 Å². The Hall–Kier alpha value is -2.70. The van der Waals surface area contributed by atoms with Gasteiger partial charge in [0.25, 0.3) is 0 Å². The van der Waals surface area contributed by atoms with Crippen molar-refractivity contribution in [2.24, 2.45) is 0 Å². The Balaban J connectivity index is 1.47. The highest BCUT2D eigenvalue weighted by atomic mass is 32.1. The Morgan fingerprint density at radius 1 is 1.15 bits per heavy atom. The average Bonchev–Trinajstić information content (AvgIpc) is 3.37. The summed E-state index contributed by atoms with van der Waals surface area (Å²) in [6.45, 7) is 1.84. The fraction of sp³-hybridized carbons (Fsp3) is 0.100. The number of nitrogens with zero attached hydrogens (tertiary/aromatic N) is 1. The number of hydrogen-bond donors (Lipinski definition) is 1. The lowest BCUT2D eigenvalue weighted by molar-refractivity contribution is -0.115. The van der Waals surface area contributed by atoms with E-state index in [0.717, 1.165) is 21.7 Å². The van der Waals surface area contributed by atoms with Gasteiger partial charge in [0, 0.05) is 5.69 Å². The predicted octanol–water partition coefficient (Wildman–Crippen LogP) is 5.62. The third-order valence-electron chi connectivity index (χ3n) is 3.95. The average molecular weight is 380 g/mol. The summed E-state index contributed by atoms with van der Waals surface area (Å²) < 4.78 is 5.70. The van der Waals surface area contributed by atoms with E-state index < -0.39 is 0 Å². The van der Waals surface area contributed by atoms with Gasteiger partial charge in [0.2, 0.25) is 11.8 Å². The number of amides is 1. The molecule has 130 valence electrons. The number of carbonyl (C=O) groups excluding carboxylic acids is 1. The van der Waals surface area contributed by atoms with Gasteiger partial charge in [0.15, 0.2) is 0 Å². The molecule has 4 aromatic rings. The summed E-state index contributed by atoms with van der Waals surface area (Å²) >= 11 is 3.22. The molecular weight excluding hydrogens is 364 g/mol. The van der Waals surface area contributed by atoms with Crippen molar-refractivity contribution in [3.63, 3.8) is 0 Å². The van der Waals surface area contributed by atoms with Crippen LogP contribution in [-0.4, -0.2) is 10.9 Å². The number of rotatable bonds is 5. The van der Waals surface area contributed by atoms with Crippen LogP contribution >= 0.6 is 22.7 Å². The van der Waals surface area contributed by atoms with Gasteiger partial charge in [0.1, 0.15) is 5.76 Å². The summed E-state index contributed by atoms with van der Waals surface area (Å²) in [7, 11) is 0. The first-order valence-electron chi connectivity index (χ1n) is 8.12. The number of hydrogen-bond acceptors (Lipinski definition) is 5. The molecule has 0 saturated heterocycles. The van der Waals surface area contributed by atoms with E-state index >= 15 is 0 Å². The second kappa shape index (κ2) is 7.27. The molecule has 0 aliphatic heterocycles. The minimum Gasteiger partial charge on any atom is -0.440 e. The van der Waals surface area contributed by atoms with E-state index in [1.807, 2.05) is 54.1 Å². The molecular formula is C20H16N2O2S2. The van der Waals surface area contributed by atoms with Crippen LogP contribution in [0.1, 0.15) is 11.5 Å². The molecule has 3 aromatic heterocycles. The van der Waals surface area contributed by atoms with Crippen LogP contribution in [0.25, 0.3) is 21.9 Å². The molecule has 26 heavy (non-hydrogen) atoms. The summed E-state index contributed by atoms with van der Waals surface area (Å²) in [6, 6.07) is 13.8. The molecule has 0 atom stereocenters. The minimum atomic E-state index is -0.110. The Morgan fingerprint density at radius 3 is 2.85 bits per heavy atom. The first kappa shape index (κ1) is 16.8. The van der Waals surface area contributed by atoms with Crippen LogP contribution < -0.4 is 5.32 Å². The molecule has 0 saturated carbocycles. The van der Waals surface area contributed by atoms with E-state index in [4.69, 9.17) is 4.42 Å². The van der Waals surface area contributed by atoms with Crippen molar-refractivity contribution in [2.75, 3.05) is 5.32 Å². The Bertz CT molecular complexity index is 1020. The molecule has 4 nitrogen and oxygen atoms in total.